The van der Waals surface area contributed by atoms with E-state index in [9.17, 15) is 4.79 Å². The van der Waals surface area contributed by atoms with Crippen LogP contribution >= 0.6 is 0 Å². The van der Waals surface area contributed by atoms with Crippen molar-refractivity contribution in [2.24, 2.45) is 5.73 Å². The topological polar surface area (TPSA) is 56.0 Å². The van der Waals surface area contributed by atoms with E-state index in [4.69, 9.17) is 5.73 Å². The molecule has 0 fully saturated rings. The highest BCUT2D eigenvalue weighted by Gasteiger charge is 2.08. The van der Waals surface area contributed by atoms with Gasteiger partial charge in [0.15, 0.2) is 0 Å². The molecule has 1 heterocycles. The molecular weight excluding hydrogens is 248 g/mol. The molecule has 3 heteroatoms. The fourth-order valence-electron chi connectivity index (χ4n) is 2.40. The summed E-state index contributed by atoms with van der Waals surface area (Å²) in [6, 6.07) is 15.6. The van der Waals surface area contributed by atoms with Crippen molar-refractivity contribution >= 4 is 16.7 Å². The van der Waals surface area contributed by atoms with E-state index in [0.29, 0.717) is 5.56 Å². The predicted octanol–water partition coefficient (Wildman–Crippen LogP) is 3.31. The van der Waals surface area contributed by atoms with E-state index >= 15 is 0 Å². The summed E-state index contributed by atoms with van der Waals surface area (Å²) in [5.41, 5.74) is 8.79. The quantitative estimate of drug-likeness (QED) is 0.770. The maximum atomic E-state index is 11.3. The molecule has 1 aromatic heterocycles. The SMILES string of the molecule is Cc1ccc(-c2cc(C(N)=O)ccn2)c2ccccc12. The number of aromatic nitrogens is 1. The van der Waals surface area contributed by atoms with E-state index in [0.717, 1.165) is 16.6 Å². The fraction of sp³-hybridized carbons (Fsp3) is 0.0588. The van der Waals surface area contributed by atoms with Gasteiger partial charge in [-0.25, -0.2) is 0 Å². The monoisotopic (exact) mass is 262 g/mol. The summed E-state index contributed by atoms with van der Waals surface area (Å²) in [4.78, 5) is 15.7. The summed E-state index contributed by atoms with van der Waals surface area (Å²) in [5.74, 6) is -0.440. The minimum absolute atomic E-state index is 0.440. The first-order chi connectivity index (χ1) is 9.66. The maximum absolute atomic E-state index is 11.3. The number of carbonyl (C=O) groups is 1. The molecule has 0 aliphatic heterocycles. The van der Waals surface area contributed by atoms with Crippen molar-refractivity contribution in [1.82, 2.24) is 4.98 Å². The summed E-state index contributed by atoms with van der Waals surface area (Å²) >= 11 is 0. The lowest BCUT2D eigenvalue weighted by Gasteiger charge is -2.09. The molecule has 3 aromatic rings. The van der Waals surface area contributed by atoms with Gasteiger partial charge in [-0.05, 0) is 35.4 Å². The molecule has 0 bridgehead atoms. The molecule has 0 unspecified atom stereocenters. The Kier molecular flexibility index (Phi) is 2.95. The average Bonchev–Trinajstić information content (AvgIpc) is 2.48. The van der Waals surface area contributed by atoms with Crippen LogP contribution in [0.5, 0.6) is 0 Å². The smallest absolute Gasteiger partial charge is 0.248 e. The van der Waals surface area contributed by atoms with Crippen LogP contribution in [0, 0.1) is 6.92 Å². The molecule has 2 aromatic carbocycles. The summed E-state index contributed by atoms with van der Waals surface area (Å²) < 4.78 is 0. The lowest BCUT2D eigenvalue weighted by Crippen LogP contribution is -2.11. The fourth-order valence-corrected chi connectivity index (χ4v) is 2.40. The van der Waals surface area contributed by atoms with Crippen molar-refractivity contribution in [2.45, 2.75) is 6.92 Å². The van der Waals surface area contributed by atoms with Gasteiger partial charge in [-0.15, -0.1) is 0 Å². The Morgan fingerprint density at radius 2 is 1.80 bits per heavy atom. The molecule has 1 amide bonds. The summed E-state index contributed by atoms with van der Waals surface area (Å²) in [5, 5.41) is 2.32. The number of fused-ring (bicyclic) bond motifs is 1. The zero-order chi connectivity index (χ0) is 14.1. The van der Waals surface area contributed by atoms with Gasteiger partial charge in [-0.3, -0.25) is 9.78 Å². The number of amides is 1. The zero-order valence-corrected chi connectivity index (χ0v) is 11.1. The molecule has 0 radical (unpaired) electrons. The molecule has 98 valence electrons. The minimum Gasteiger partial charge on any atom is -0.366 e. The molecule has 0 aliphatic rings. The molecule has 2 N–H and O–H groups in total. The van der Waals surface area contributed by atoms with Crippen molar-refractivity contribution in [2.75, 3.05) is 0 Å². The number of hydrogen-bond donors (Lipinski definition) is 1. The van der Waals surface area contributed by atoms with Crippen molar-refractivity contribution in [1.29, 1.82) is 0 Å². The minimum atomic E-state index is -0.440. The first-order valence-corrected chi connectivity index (χ1v) is 6.41. The Labute approximate surface area is 117 Å². The molecule has 3 nitrogen and oxygen atoms in total. The third kappa shape index (κ3) is 2.03. The standard InChI is InChI=1S/C17H14N2O/c1-11-6-7-15(14-5-3-2-4-13(11)14)16-10-12(17(18)20)8-9-19-16/h2-10H,1H3,(H2,18,20). The Bertz CT molecular complexity index is 809. The van der Waals surface area contributed by atoms with Crippen LogP contribution in [-0.4, -0.2) is 10.9 Å². The normalized spacial score (nSPS) is 10.7. The molecule has 0 saturated heterocycles. The van der Waals surface area contributed by atoms with Crippen LogP contribution in [0.1, 0.15) is 15.9 Å². The Morgan fingerprint density at radius 1 is 1.05 bits per heavy atom. The second-order valence-corrected chi connectivity index (χ2v) is 4.77. The van der Waals surface area contributed by atoms with E-state index in [1.807, 2.05) is 18.2 Å². The lowest BCUT2D eigenvalue weighted by atomic mass is 9.97. The van der Waals surface area contributed by atoms with Crippen LogP contribution in [0.2, 0.25) is 0 Å². The number of aryl methyl sites for hydroxylation is 1. The first-order valence-electron chi connectivity index (χ1n) is 6.41. The van der Waals surface area contributed by atoms with E-state index in [-0.39, 0.29) is 0 Å². The number of nitrogens with two attached hydrogens (primary N) is 1. The molecule has 0 spiro atoms. The highest BCUT2D eigenvalue weighted by Crippen LogP contribution is 2.29. The molecule has 3 rings (SSSR count). The lowest BCUT2D eigenvalue weighted by molar-refractivity contribution is 0.1000. The Morgan fingerprint density at radius 3 is 2.55 bits per heavy atom. The van der Waals surface area contributed by atoms with E-state index in [1.54, 1.807) is 18.3 Å². The van der Waals surface area contributed by atoms with Crippen LogP contribution in [0.25, 0.3) is 22.0 Å². The third-order valence-corrected chi connectivity index (χ3v) is 3.46. The highest BCUT2D eigenvalue weighted by atomic mass is 16.1. The zero-order valence-electron chi connectivity index (χ0n) is 11.1. The van der Waals surface area contributed by atoms with Gasteiger partial charge in [0.2, 0.25) is 5.91 Å². The average molecular weight is 262 g/mol. The van der Waals surface area contributed by atoms with Crippen LogP contribution in [0.15, 0.2) is 54.7 Å². The van der Waals surface area contributed by atoms with Gasteiger partial charge in [0.25, 0.3) is 0 Å². The number of benzene rings is 2. The number of nitrogens with zero attached hydrogens (tertiary/aromatic N) is 1. The van der Waals surface area contributed by atoms with Gasteiger partial charge in [0.05, 0.1) is 5.69 Å². The summed E-state index contributed by atoms with van der Waals surface area (Å²) in [7, 11) is 0. The number of pyridine rings is 1. The third-order valence-electron chi connectivity index (χ3n) is 3.46. The molecule has 0 atom stereocenters. The van der Waals surface area contributed by atoms with Gasteiger partial charge in [0, 0.05) is 17.3 Å². The van der Waals surface area contributed by atoms with Crippen molar-refractivity contribution < 1.29 is 4.79 Å². The second kappa shape index (κ2) is 4.78. The van der Waals surface area contributed by atoms with E-state index in [1.165, 1.54) is 10.9 Å². The maximum Gasteiger partial charge on any atom is 0.248 e. The van der Waals surface area contributed by atoms with Crippen molar-refractivity contribution in [3.05, 3.63) is 65.9 Å². The Balaban J connectivity index is 2.27. The van der Waals surface area contributed by atoms with E-state index in [2.05, 4.69) is 30.1 Å². The van der Waals surface area contributed by atoms with E-state index < -0.39 is 5.91 Å². The largest absolute Gasteiger partial charge is 0.366 e. The van der Waals surface area contributed by atoms with Crippen LogP contribution < -0.4 is 5.73 Å². The van der Waals surface area contributed by atoms with Crippen molar-refractivity contribution in [3.63, 3.8) is 0 Å². The number of primary amides is 1. The molecule has 0 saturated carbocycles. The molecule has 20 heavy (non-hydrogen) atoms. The second-order valence-electron chi connectivity index (χ2n) is 4.77. The van der Waals surface area contributed by atoms with Gasteiger partial charge in [-0.2, -0.15) is 0 Å². The molecular formula is C17H14N2O. The summed E-state index contributed by atoms with van der Waals surface area (Å²) in [6.45, 7) is 2.08. The summed E-state index contributed by atoms with van der Waals surface area (Å²) in [6.07, 6.45) is 1.62. The Hall–Kier alpha value is -2.68. The number of rotatable bonds is 2. The van der Waals surface area contributed by atoms with Gasteiger partial charge in [-0.1, -0.05) is 36.4 Å². The number of hydrogen-bond acceptors (Lipinski definition) is 2. The molecule has 0 aliphatic carbocycles. The highest BCUT2D eigenvalue weighted by molar-refractivity contribution is 5.99. The predicted molar refractivity (Wildman–Crippen MR) is 80.4 cm³/mol. The number of carbonyl (C=O) groups excluding carboxylic acids is 1. The van der Waals surface area contributed by atoms with Gasteiger partial charge < -0.3 is 5.73 Å². The first kappa shape index (κ1) is 12.4. The van der Waals surface area contributed by atoms with Crippen LogP contribution in [-0.2, 0) is 0 Å². The van der Waals surface area contributed by atoms with Crippen LogP contribution in [0.3, 0.4) is 0 Å². The van der Waals surface area contributed by atoms with Gasteiger partial charge in [0.1, 0.15) is 0 Å². The van der Waals surface area contributed by atoms with Crippen molar-refractivity contribution in [3.8, 4) is 11.3 Å². The van der Waals surface area contributed by atoms with Gasteiger partial charge >= 0.3 is 0 Å². The van der Waals surface area contributed by atoms with Crippen LogP contribution in [0.4, 0.5) is 0 Å².